The fourth-order valence-electron chi connectivity index (χ4n) is 4.69. The number of aromatic amines is 1. The average Bonchev–Trinajstić information content (AvgIpc) is 3.37. The highest BCUT2D eigenvalue weighted by atomic mass is 16.5. The number of rotatable bonds is 6. The van der Waals surface area contributed by atoms with E-state index in [9.17, 15) is 4.79 Å². The molecular weight excluding hydrogens is 430 g/mol. The van der Waals surface area contributed by atoms with Gasteiger partial charge in [0.05, 0.1) is 25.5 Å². The second-order valence-electron chi connectivity index (χ2n) is 8.81. The zero-order chi connectivity index (χ0) is 23.5. The first kappa shape index (κ1) is 22.1. The summed E-state index contributed by atoms with van der Waals surface area (Å²) < 4.78 is 5.62. The number of morpholine rings is 1. The van der Waals surface area contributed by atoms with E-state index in [-0.39, 0.29) is 17.9 Å². The Bertz CT molecular complexity index is 1160. The molecule has 9 heteroatoms. The number of carbonyl (C=O) groups is 1. The van der Waals surface area contributed by atoms with Gasteiger partial charge in [-0.25, -0.2) is 4.98 Å². The van der Waals surface area contributed by atoms with E-state index in [1.807, 2.05) is 6.07 Å². The summed E-state index contributed by atoms with van der Waals surface area (Å²) in [6.45, 7) is 4.90. The molecule has 5 rings (SSSR count). The number of hydrogen-bond acceptors (Lipinski definition) is 7. The summed E-state index contributed by atoms with van der Waals surface area (Å²) in [5.74, 6) is 2.49. The lowest BCUT2D eigenvalue weighted by Gasteiger charge is -2.35. The van der Waals surface area contributed by atoms with Gasteiger partial charge in [0.1, 0.15) is 17.5 Å². The molecule has 0 aliphatic carbocycles. The summed E-state index contributed by atoms with van der Waals surface area (Å²) in [7, 11) is 0. The number of piperidine rings is 1. The first-order valence-corrected chi connectivity index (χ1v) is 11.7. The van der Waals surface area contributed by atoms with Gasteiger partial charge in [-0.1, -0.05) is 24.3 Å². The fraction of sp³-hybridized carbons (Fsp3) is 0.360. The standard InChI is InChI=1S/C25H29N7O2/c1-16-15-34-11-10-32(16)23-13-20(21(14-26)25(30-23)29-22-7-9-28-31-22)18-4-2-17(3-5-18)19-6-8-27-24(33)12-19/h2-5,7,9,13-14,16,19,26H,6,8,10-12,15H2,1H3,(H,27,33)(H2,28,29,30,31)/t16-,19?/m1/s1. The molecule has 0 bridgehead atoms. The van der Waals surface area contributed by atoms with Gasteiger partial charge in [-0.15, -0.1) is 0 Å². The monoisotopic (exact) mass is 459 g/mol. The predicted molar refractivity (Wildman–Crippen MR) is 132 cm³/mol. The molecular formula is C25H29N7O2. The summed E-state index contributed by atoms with van der Waals surface area (Å²) in [6.07, 6.45) is 4.49. The smallest absolute Gasteiger partial charge is 0.220 e. The van der Waals surface area contributed by atoms with E-state index in [0.29, 0.717) is 36.8 Å². The molecule has 2 atom stereocenters. The Hall–Kier alpha value is -3.72. The number of ether oxygens (including phenoxy) is 1. The number of nitrogens with one attached hydrogen (secondary N) is 4. The summed E-state index contributed by atoms with van der Waals surface area (Å²) in [5.41, 5.74) is 3.79. The second-order valence-corrected chi connectivity index (χ2v) is 8.81. The van der Waals surface area contributed by atoms with Crippen molar-refractivity contribution in [1.29, 1.82) is 5.41 Å². The Morgan fingerprint density at radius 3 is 2.82 bits per heavy atom. The van der Waals surface area contributed by atoms with Gasteiger partial charge in [0.25, 0.3) is 0 Å². The molecule has 1 amide bonds. The van der Waals surface area contributed by atoms with Crippen molar-refractivity contribution in [2.45, 2.75) is 31.7 Å². The summed E-state index contributed by atoms with van der Waals surface area (Å²) in [4.78, 5) is 19.0. The quantitative estimate of drug-likeness (QED) is 0.420. The lowest BCUT2D eigenvalue weighted by molar-refractivity contribution is -0.122. The van der Waals surface area contributed by atoms with Crippen LogP contribution < -0.4 is 15.5 Å². The highest BCUT2D eigenvalue weighted by Crippen LogP contribution is 2.35. The predicted octanol–water partition coefficient (Wildman–Crippen LogP) is 3.43. The van der Waals surface area contributed by atoms with E-state index in [1.54, 1.807) is 6.20 Å². The Labute approximate surface area is 198 Å². The van der Waals surface area contributed by atoms with Crippen molar-refractivity contribution in [3.63, 3.8) is 0 Å². The number of amides is 1. The molecule has 0 saturated carbocycles. The summed E-state index contributed by atoms with van der Waals surface area (Å²) in [5, 5.41) is 21.3. The third kappa shape index (κ3) is 4.51. The first-order valence-electron chi connectivity index (χ1n) is 11.7. The van der Waals surface area contributed by atoms with Crippen LogP contribution in [0.5, 0.6) is 0 Å². The van der Waals surface area contributed by atoms with Crippen molar-refractivity contribution in [3.05, 3.63) is 53.7 Å². The molecule has 1 unspecified atom stereocenters. The Morgan fingerprint density at radius 1 is 1.26 bits per heavy atom. The van der Waals surface area contributed by atoms with Crippen LogP contribution in [0.4, 0.5) is 17.5 Å². The third-order valence-corrected chi connectivity index (χ3v) is 6.54. The molecule has 2 aromatic heterocycles. The number of aromatic nitrogens is 3. The second kappa shape index (κ2) is 9.64. The molecule has 2 saturated heterocycles. The van der Waals surface area contributed by atoms with Crippen molar-refractivity contribution in [3.8, 4) is 11.1 Å². The van der Waals surface area contributed by atoms with Crippen LogP contribution in [0, 0.1) is 5.41 Å². The van der Waals surface area contributed by atoms with E-state index < -0.39 is 0 Å². The fourth-order valence-corrected chi connectivity index (χ4v) is 4.69. The SMILES string of the molecule is C[C@@H]1COCCN1c1cc(-c2ccc(C3CCNC(=O)C3)cc2)c(C=N)c(Nc2ccn[nH]2)n1. The van der Waals surface area contributed by atoms with Crippen molar-refractivity contribution >= 4 is 29.6 Å². The summed E-state index contributed by atoms with van der Waals surface area (Å²) >= 11 is 0. The topological polar surface area (TPSA) is 119 Å². The van der Waals surface area contributed by atoms with Crippen LogP contribution in [0.2, 0.25) is 0 Å². The van der Waals surface area contributed by atoms with Gasteiger partial charge in [-0.2, -0.15) is 5.10 Å². The number of benzene rings is 1. The van der Waals surface area contributed by atoms with Crippen LogP contribution in [-0.2, 0) is 9.53 Å². The van der Waals surface area contributed by atoms with Crippen molar-refractivity contribution in [1.82, 2.24) is 20.5 Å². The zero-order valence-corrected chi connectivity index (χ0v) is 19.2. The lowest BCUT2D eigenvalue weighted by atomic mass is 9.88. The number of carbonyl (C=O) groups excluding carboxylic acids is 1. The molecule has 0 spiro atoms. The minimum absolute atomic E-state index is 0.111. The maximum Gasteiger partial charge on any atom is 0.220 e. The lowest BCUT2D eigenvalue weighted by Crippen LogP contribution is -2.44. The minimum Gasteiger partial charge on any atom is -0.377 e. The van der Waals surface area contributed by atoms with E-state index >= 15 is 0 Å². The average molecular weight is 460 g/mol. The van der Waals surface area contributed by atoms with Gasteiger partial charge in [-0.3, -0.25) is 9.89 Å². The normalized spacial score (nSPS) is 20.6. The molecule has 4 N–H and O–H groups in total. The molecule has 4 heterocycles. The van der Waals surface area contributed by atoms with E-state index in [0.717, 1.165) is 36.5 Å². The molecule has 176 valence electrons. The van der Waals surface area contributed by atoms with Crippen LogP contribution in [-0.4, -0.2) is 59.6 Å². The van der Waals surface area contributed by atoms with Crippen LogP contribution in [0.3, 0.4) is 0 Å². The zero-order valence-electron chi connectivity index (χ0n) is 19.2. The number of pyridine rings is 1. The van der Waals surface area contributed by atoms with E-state index in [4.69, 9.17) is 15.1 Å². The van der Waals surface area contributed by atoms with Gasteiger partial charge in [0.2, 0.25) is 5.91 Å². The number of anilines is 3. The first-order chi connectivity index (χ1) is 16.6. The van der Waals surface area contributed by atoms with Gasteiger partial charge in [-0.05, 0) is 42.0 Å². The maximum atomic E-state index is 11.8. The Balaban J connectivity index is 1.55. The van der Waals surface area contributed by atoms with Crippen molar-refractivity contribution < 1.29 is 9.53 Å². The Kier molecular flexibility index (Phi) is 6.27. The van der Waals surface area contributed by atoms with Gasteiger partial charge < -0.3 is 25.7 Å². The van der Waals surface area contributed by atoms with Crippen molar-refractivity contribution in [2.75, 3.05) is 36.5 Å². The number of hydrogen-bond donors (Lipinski definition) is 4. The largest absolute Gasteiger partial charge is 0.377 e. The van der Waals surface area contributed by atoms with Gasteiger partial charge in [0, 0.05) is 37.4 Å². The van der Waals surface area contributed by atoms with Crippen LogP contribution >= 0.6 is 0 Å². The van der Waals surface area contributed by atoms with Crippen LogP contribution in [0.1, 0.15) is 36.8 Å². The third-order valence-electron chi connectivity index (χ3n) is 6.54. The van der Waals surface area contributed by atoms with Crippen LogP contribution in [0.25, 0.3) is 11.1 Å². The van der Waals surface area contributed by atoms with Crippen LogP contribution in [0.15, 0.2) is 42.6 Å². The molecule has 2 fully saturated rings. The Morgan fingerprint density at radius 2 is 2.12 bits per heavy atom. The summed E-state index contributed by atoms with van der Waals surface area (Å²) in [6, 6.07) is 12.4. The van der Waals surface area contributed by atoms with E-state index in [1.165, 1.54) is 11.8 Å². The number of nitrogens with zero attached hydrogens (tertiary/aromatic N) is 3. The maximum absolute atomic E-state index is 11.8. The minimum atomic E-state index is 0.111. The molecule has 0 radical (unpaired) electrons. The highest BCUT2D eigenvalue weighted by molar-refractivity contribution is 5.96. The highest BCUT2D eigenvalue weighted by Gasteiger charge is 2.24. The molecule has 1 aromatic carbocycles. The molecule has 2 aliphatic heterocycles. The van der Waals surface area contributed by atoms with Gasteiger partial charge >= 0.3 is 0 Å². The van der Waals surface area contributed by atoms with Crippen molar-refractivity contribution in [2.24, 2.45) is 0 Å². The number of H-pyrrole nitrogens is 1. The molecule has 2 aliphatic rings. The molecule has 34 heavy (non-hydrogen) atoms. The molecule has 3 aromatic rings. The molecule has 9 nitrogen and oxygen atoms in total. The van der Waals surface area contributed by atoms with Gasteiger partial charge in [0.15, 0.2) is 0 Å². The van der Waals surface area contributed by atoms with E-state index in [2.05, 4.69) is 63.0 Å².